The first-order chi connectivity index (χ1) is 22.2. The van der Waals surface area contributed by atoms with E-state index in [1.165, 1.54) is 6.07 Å². The predicted molar refractivity (Wildman–Crippen MR) is 172 cm³/mol. The Hall–Kier alpha value is -3.93. The van der Waals surface area contributed by atoms with Crippen molar-refractivity contribution >= 4 is 27.4 Å². The lowest BCUT2D eigenvalue weighted by molar-refractivity contribution is -0.137. The minimum atomic E-state index is -4.62. The zero-order chi connectivity index (χ0) is 34.4. The molecule has 250 valence electrons. The zero-order valence-corrected chi connectivity index (χ0v) is 27.5. The fraction of sp³-hybridized carbons (Fsp3) is 0.286. The highest BCUT2D eigenvalue weighted by atomic mass is 35.5. The lowest BCUT2D eigenvalue weighted by atomic mass is 9.90. The number of carbonyl (C=O) groups excluding carboxylic acids is 1. The van der Waals surface area contributed by atoms with Crippen LogP contribution < -0.4 is 4.74 Å². The van der Waals surface area contributed by atoms with Gasteiger partial charge < -0.3 is 9.47 Å². The number of hydrogen-bond acceptors (Lipinski definition) is 6. The standard InChI is InChI=1S/C35H34ClF4NO5S/c1-23(46-27-19-30(37)32(34(42)45-2)31(20-27)47(3,43)44)17-18-41(21-26-15-10-16-29(33(26)36)35(38,39)40)22-28(24-11-6-4-7-12-24)25-13-8-5-9-14-25/h4-16,19-20,23,28H,17-18,21-22H2,1-3H3. The van der Waals surface area contributed by atoms with Gasteiger partial charge in [-0.15, -0.1) is 0 Å². The molecular formula is C35H34ClF4NO5S. The summed E-state index contributed by atoms with van der Waals surface area (Å²) in [5, 5.41) is -0.375. The Labute approximate surface area is 276 Å². The number of nitrogens with zero attached hydrogens (tertiary/aromatic N) is 1. The number of halogens is 5. The molecule has 1 atom stereocenters. The number of alkyl halides is 3. The molecule has 0 radical (unpaired) electrons. The van der Waals surface area contributed by atoms with Crippen LogP contribution in [0.3, 0.4) is 0 Å². The third kappa shape index (κ3) is 9.33. The Morgan fingerprint density at radius 1 is 0.936 bits per heavy atom. The lowest BCUT2D eigenvalue weighted by Gasteiger charge is -2.30. The maximum atomic E-state index is 15.0. The first kappa shape index (κ1) is 35.9. The third-order valence-electron chi connectivity index (χ3n) is 7.63. The van der Waals surface area contributed by atoms with Gasteiger partial charge in [-0.3, -0.25) is 4.90 Å². The van der Waals surface area contributed by atoms with Crippen LogP contribution in [-0.4, -0.2) is 51.8 Å². The fourth-order valence-electron chi connectivity index (χ4n) is 5.30. The number of methoxy groups -OCH3 is 1. The molecule has 1 unspecified atom stereocenters. The van der Waals surface area contributed by atoms with Gasteiger partial charge in [0.25, 0.3) is 0 Å². The van der Waals surface area contributed by atoms with Crippen molar-refractivity contribution in [1.82, 2.24) is 4.90 Å². The van der Waals surface area contributed by atoms with Crippen molar-refractivity contribution in [3.63, 3.8) is 0 Å². The van der Waals surface area contributed by atoms with Crippen LogP contribution >= 0.6 is 11.6 Å². The van der Waals surface area contributed by atoms with Crippen molar-refractivity contribution < 1.29 is 40.2 Å². The summed E-state index contributed by atoms with van der Waals surface area (Å²) in [6.07, 6.45) is -4.06. The second-order valence-electron chi connectivity index (χ2n) is 11.1. The molecule has 4 aromatic carbocycles. The summed E-state index contributed by atoms with van der Waals surface area (Å²) in [5.74, 6) is -2.51. The number of benzene rings is 4. The molecule has 4 rings (SSSR count). The first-order valence-electron chi connectivity index (χ1n) is 14.6. The maximum Gasteiger partial charge on any atom is 0.417 e. The van der Waals surface area contributed by atoms with E-state index in [9.17, 15) is 30.8 Å². The highest BCUT2D eigenvalue weighted by Crippen LogP contribution is 2.37. The fourth-order valence-corrected chi connectivity index (χ4v) is 6.48. The summed E-state index contributed by atoms with van der Waals surface area (Å²) in [7, 11) is -3.02. The Bertz CT molecular complexity index is 1750. The van der Waals surface area contributed by atoms with Gasteiger partial charge in [0.15, 0.2) is 9.84 Å². The molecule has 0 spiro atoms. The smallest absolute Gasteiger partial charge is 0.417 e. The van der Waals surface area contributed by atoms with Gasteiger partial charge in [0.05, 0.1) is 28.7 Å². The van der Waals surface area contributed by atoms with Crippen LogP contribution in [0.1, 0.15) is 51.9 Å². The summed E-state index contributed by atoms with van der Waals surface area (Å²) >= 11 is 6.30. The van der Waals surface area contributed by atoms with Crippen LogP contribution in [0.2, 0.25) is 5.02 Å². The van der Waals surface area contributed by atoms with Crippen molar-refractivity contribution in [2.24, 2.45) is 0 Å². The molecule has 4 aromatic rings. The third-order valence-corrected chi connectivity index (χ3v) is 9.20. The Kier molecular flexibility index (Phi) is 11.7. The molecule has 0 aliphatic rings. The lowest BCUT2D eigenvalue weighted by Crippen LogP contribution is -2.32. The van der Waals surface area contributed by atoms with E-state index in [2.05, 4.69) is 4.74 Å². The van der Waals surface area contributed by atoms with Crippen LogP contribution in [0.4, 0.5) is 17.6 Å². The molecule has 0 aliphatic heterocycles. The Morgan fingerprint density at radius 2 is 1.53 bits per heavy atom. The maximum absolute atomic E-state index is 15.0. The number of esters is 1. The monoisotopic (exact) mass is 691 g/mol. The quantitative estimate of drug-likeness (QED) is 0.104. The second kappa shape index (κ2) is 15.3. The molecule has 0 aromatic heterocycles. The molecular weight excluding hydrogens is 658 g/mol. The van der Waals surface area contributed by atoms with Gasteiger partial charge in [0.1, 0.15) is 17.1 Å². The van der Waals surface area contributed by atoms with E-state index in [1.54, 1.807) is 13.0 Å². The zero-order valence-electron chi connectivity index (χ0n) is 25.9. The molecule has 0 N–H and O–H groups in total. The number of hydrogen-bond donors (Lipinski definition) is 0. The normalized spacial score (nSPS) is 12.7. The van der Waals surface area contributed by atoms with E-state index in [0.29, 0.717) is 25.1 Å². The van der Waals surface area contributed by atoms with Crippen molar-refractivity contribution in [3.05, 3.63) is 130 Å². The van der Waals surface area contributed by atoms with E-state index in [-0.39, 0.29) is 23.2 Å². The summed E-state index contributed by atoms with van der Waals surface area (Å²) < 4.78 is 91.3. The molecule has 0 heterocycles. The van der Waals surface area contributed by atoms with Gasteiger partial charge >= 0.3 is 12.1 Å². The molecule has 0 fully saturated rings. The van der Waals surface area contributed by atoms with Gasteiger partial charge in [-0.05, 0) is 42.2 Å². The highest BCUT2D eigenvalue weighted by molar-refractivity contribution is 7.90. The molecule has 0 saturated heterocycles. The molecule has 47 heavy (non-hydrogen) atoms. The molecule has 0 aliphatic carbocycles. The molecule has 12 heteroatoms. The predicted octanol–water partition coefficient (Wildman–Crippen LogP) is 8.18. The molecule has 0 bridgehead atoms. The van der Waals surface area contributed by atoms with E-state index >= 15 is 0 Å². The SMILES string of the molecule is COC(=O)c1c(F)cc(OC(C)CCN(Cc2cccc(C(F)(F)F)c2Cl)CC(c2ccccc2)c2ccccc2)cc1S(C)(=O)=O. The topological polar surface area (TPSA) is 72.9 Å². The van der Waals surface area contributed by atoms with Crippen LogP contribution in [0.5, 0.6) is 5.75 Å². The molecule has 6 nitrogen and oxygen atoms in total. The highest BCUT2D eigenvalue weighted by Gasteiger charge is 2.34. The summed E-state index contributed by atoms with van der Waals surface area (Å²) in [6.45, 7) is 2.53. The van der Waals surface area contributed by atoms with Gasteiger partial charge in [-0.1, -0.05) is 84.4 Å². The minimum Gasteiger partial charge on any atom is -0.491 e. The summed E-state index contributed by atoms with van der Waals surface area (Å²) in [5.41, 5.74) is 0.686. The van der Waals surface area contributed by atoms with E-state index in [4.69, 9.17) is 16.3 Å². The van der Waals surface area contributed by atoms with E-state index in [0.717, 1.165) is 42.7 Å². The number of ether oxygens (including phenoxy) is 2. The van der Waals surface area contributed by atoms with Crippen LogP contribution in [0, 0.1) is 5.82 Å². The number of sulfone groups is 1. The van der Waals surface area contributed by atoms with E-state index in [1.807, 2.05) is 65.6 Å². The first-order valence-corrected chi connectivity index (χ1v) is 16.9. The molecule has 0 amide bonds. The van der Waals surface area contributed by atoms with Crippen molar-refractivity contribution in [3.8, 4) is 5.75 Å². The summed E-state index contributed by atoms with van der Waals surface area (Å²) in [4.78, 5) is 13.5. The van der Waals surface area contributed by atoms with Crippen LogP contribution in [-0.2, 0) is 27.3 Å². The van der Waals surface area contributed by atoms with Crippen molar-refractivity contribution in [1.29, 1.82) is 0 Å². The van der Waals surface area contributed by atoms with Gasteiger partial charge in [-0.2, -0.15) is 13.2 Å². The van der Waals surface area contributed by atoms with E-state index < -0.39 is 49.9 Å². The van der Waals surface area contributed by atoms with Crippen LogP contribution in [0.25, 0.3) is 0 Å². The van der Waals surface area contributed by atoms with Gasteiger partial charge in [0, 0.05) is 37.9 Å². The number of rotatable bonds is 13. The second-order valence-corrected chi connectivity index (χ2v) is 13.5. The Morgan fingerprint density at radius 3 is 2.06 bits per heavy atom. The summed E-state index contributed by atoms with van der Waals surface area (Å²) in [6, 6.07) is 25.3. The average Bonchev–Trinajstić information content (AvgIpc) is 3.02. The molecule has 0 saturated carbocycles. The van der Waals surface area contributed by atoms with Crippen LogP contribution in [0.15, 0.2) is 95.9 Å². The number of carbonyl (C=O) groups is 1. The van der Waals surface area contributed by atoms with Gasteiger partial charge in [-0.25, -0.2) is 17.6 Å². The largest absolute Gasteiger partial charge is 0.491 e. The van der Waals surface area contributed by atoms with Gasteiger partial charge in [0.2, 0.25) is 0 Å². The minimum absolute atomic E-state index is 0.0896. The van der Waals surface area contributed by atoms with Crippen molar-refractivity contribution in [2.75, 3.05) is 26.5 Å². The van der Waals surface area contributed by atoms with Crippen molar-refractivity contribution in [2.45, 2.75) is 43.0 Å². The Balaban J connectivity index is 1.64. The average molecular weight is 692 g/mol.